The number of hydrogen-bond donors (Lipinski definition) is 1. The van der Waals surface area contributed by atoms with Gasteiger partial charge in [-0.05, 0) is 6.54 Å². The third-order valence-corrected chi connectivity index (χ3v) is 5.71. The summed E-state index contributed by atoms with van der Waals surface area (Å²) >= 11 is 6.00. The van der Waals surface area contributed by atoms with E-state index in [0.717, 1.165) is 19.6 Å². The lowest BCUT2D eigenvalue weighted by Gasteiger charge is -2.33. The molecule has 1 aliphatic rings. The first-order chi connectivity index (χ1) is 9.50. The minimum Gasteiger partial charge on any atom is -0.386 e. The van der Waals surface area contributed by atoms with Gasteiger partial charge in [-0.2, -0.15) is 4.31 Å². The fourth-order valence-corrected chi connectivity index (χ4v) is 4.18. The van der Waals surface area contributed by atoms with Crippen LogP contribution >= 0.6 is 11.6 Å². The normalized spacial score (nSPS) is 18.1. The molecule has 20 heavy (non-hydrogen) atoms. The van der Waals surface area contributed by atoms with Crippen LogP contribution in [-0.4, -0.2) is 62.4 Å². The van der Waals surface area contributed by atoms with Crippen molar-refractivity contribution in [3.05, 3.63) is 17.4 Å². The van der Waals surface area contributed by atoms with Crippen molar-refractivity contribution in [3.63, 3.8) is 0 Å². The van der Waals surface area contributed by atoms with E-state index in [2.05, 4.69) is 22.1 Å². The van der Waals surface area contributed by atoms with E-state index in [0.29, 0.717) is 23.8 Å². The number of pyridine rings is 1. The average Bonchev–Trinajstić information content (AvgIpc) is 2.47. The number of nitrogens with one attached hydrogen (secondary N) is 1. The minimum atomic E-state index is -3.56. The summed E-state index contributed by atoms with van der Waals surface area (Å²) in [6.45, 7) is 5.49. The van der Waals surface area contributed by atoms with Gasteiger partial charge in [0.1, 0.15) is 4.90 Å². The zero-order valence-electron chi connectivity index (χ0n) is 11.6. The second kappa shape index (κ2) is 6.26. The van der Waals surface area contributed by atoms with E-state index in [1.165, 1.54) is 16.7 Å². The van der Waals surface area contributed by atoms with Gasteiger partial charge in [-0.3, -0.25) is 4.98 Å². The second-order valence-corrected chi connectivity index (χ2v) is 6.90. The van der Waals surface area contributed by atoms with Crippen molar-refractivity contribution in [2.24, 2.45) is 0 Å². The number of aromatic nitrogens is 1. The zero-order valence-corrected chi connectivity index (χ0v) is 13.2. The first-order valence-corrected chi connectivity index (χ1v) is 8.36. The molecule has 1 N–H and O–H groups in total. The predicted molar refractivity (Wildman–Crippen MR) is 79.7 cm³/mol. The summed E-state index contributed by atoms with van der Waals surface area (Å²) in [4.78, 5) is 6.26. The quantitative estimate of drug-likeness (QED) is 0.900. The highest BCUT2D eigenvalue weighted by Crippen LogP contribution is 2.30. The molecule has 2 rings (SSSR count). The van der Waals surface area contributed by atoms with Crippen molar-refractivity contribution in [2.75, 3.05) is 45.1 Å². The molecule has 6 nitrogen and oxygen atoms in total. The van der Waals surface area contributed by atoms with Gasteiger partial charge in [-0.25, -0.2) is 8.42 Å². The molecule has 0 amide bonds. The molecule has 0 aliphatic carbocycles. The van der Waals surface area contributed by atoms with Gasteiger partial charge < -0.3 is 10.2 Å². The van der Waals surface area contributed by atoms with Crippen LogP contribution in [0.25, 0.3) is 0 Å². The van der Waals surface area contributed by atoms with Gasteiger partial charge in [-0.15, -0.1) is 0 Å². The molecule has 1 aromatic heterocycles. The number of halogens is 1. The van der Waals surface area contributed by atoms with Gasteiger partial charge in [-0.1, -0.05) is 18.5 Å². The summed E-state index contributed by atoms with van der Waals surface area (Å²) in [5.41, 5.74) is 0.402. The molecule has 112 valence electrons. The summed E-state index contributed by atoms with van der Waals surface area (Å²) in [5.74, 6) is 0. The third kappa shape index (κ3) is 2.90. The Hall–Kier alpha value is -0.890. The first-order valence-electron chi connectivity index (χ1n) is 6.54. The van der Waals surface area contributed by atoms with Crippen molar-refractivity contribution in [1.29, 1.82) is 0 Å². The van der Waals surface area contributed by atoms with Crippen LogP contribution in [0.5, 0.6) is 0 Å². The maximum atomic E-state index is 12.7. The summed E-state index contributed by atoms with van der Waals surface area (Å²) in [5, 5.41) is 3.15. The van der Waals surface area contributed by atoms with Crippen molar-refractivity contribution < 1.29 is 8.42 Å². The Balaban J connectivity index is 2.30. The minimum absolute atomic E-state index is 0.137. The zero-order chi connectivity index (χ0) is 14.8. The van der Waals surface area contributed by atoms with E-state index in [1.807, 2.05) is 0 Å². The monoisotopic (exact) mass is 318 g/mol. The lowest BCUT2D eigenvalue weighted by atomic mass is 10.4. The highest BCUT2D eigenvalue weighted by Gasteiger charge is 2.30. The van der Waals surface area contributed by atoms with E-state index in [9.17, 15) is 8.42 Å². The molecule has 1 aliphatic heterocycles. The fourth-order valence-electron chi connectivity index (χ4n) is 2.28. The van der Waals surface area contributed by atoms with Crippen LogP contribution in [0.3, 0.4) is 0 Å². The lowest BCUT2D eigenvalue weighted by molar-refractivity contribution is 0.196. The number of anilines is 1. The molecular formula is C12H19ClN4O2S. The standard InChI is InChI=1S/C12H19ClN4O2S/c1-3-16-4-6-17(7-5-16)20(18,19)11-9-15-8-10(13)12(11)14-2/h8-9H,3-7H2,1-2H3,(H,14,15). The lowest BCUT2D eigenvalue weighted by Crippen LogP contribution is -2.48. The maximum Gasteiger partial charge on any atom is 0.246 e. The smallest absolute Gasteiger partial charge is 0.246 e. The number of likely N-dealkylation sites (N-methyl/N-ethyl adjacent to an activating group) is 1. The number of nitrogens with zero attached hydrogens (tertiary/aromatic N) is 3. The Kier molecular flexibility index (Phi) is 4.85. The molecule has 0 saturated carbocycles. The van der Waals surface area contributed by atoms with Crippen molar-refractivity contribution in [3.8, 4) is 0 Å². The molecule has 0 bridgehead atoms. The molecule has 8 heteroatoms. The third-order valence-electron chi connectivity index (χ3n) is 3.51. The van der Waals surface area contributed by atoms with Crippen molar-refractivity contribution >= 4 is 27.3 Å². The predicted octanol–water partition coefficient (Wildman–Crippen LogP) is 1.10. The van der Waals surface area contributed by atoms with E-state index in [-0.39, 0.29) is 4.90 Å². The molecule has 2 heterocycles. The summed E-state index contributed by atoms with van der Waals surface area (Å²) in [6.07, 6.45) is 2.78. The molecule has 1 saturated heterocycles. The Bertz CT molecular complexity index is 571. The highest BCUT2D eigenvalue weighted by atomic mass is 35.5. The fraction of sp³-hybridized carbons (Fsp3) is 0.583. The SMILES string of the molecule is CCN1CCN(S(=O)(=O)c2cncc(Cl)c2NC)CC1. The Morgan fingerprint density at radius 1 is 1.30 bits per heavy atom. The van der Waals surface area contributed by atoms with E-state index in [1.54, 1.807) is 7.05 Å². The maximum absolute atomic E-state index is 12.7. The molecule has 1 aromatic rings. The number of rotatable bonds is 4. The van der Waals surface area contributed by atoms with Crippen LogP contribution in [0, 0.1) is 0 Å². The highest BCUT2D eigenvalue weighted by molar-refractivity contribution is 7.89. The van der Waals surface area contributed by atoms with Crippen LogP contribution in [0.4, 0.5) is 5.69 Å². The molecule has 0 aromatic carbocycles. The van der Waals surface area contributed by atoms with Gasteiger partial charge in [0.25, 0.3) is 0 Å². The second-order valence-electron chi connectivity index (χ2n) is 4.58. The molecule has 0 spiro atoms. The van der Waals surface area contributed by atoms with E-state index in [4.69, 9.17) is 11.6 Å². The van der Waals surface area contributed by atoms with Crippen LogP contribution in [0.2, 0.25) is 5.02 Å². The summed E-state index contributed by atoms with van der Waals surface area (Å²) in [6, 6.07) is 0. The van der Waals surface area contributed by atoms with Crippen LogP contribution in [0.1, 0.15) is 6.92 Å². The number of hydrogen-bond acceptors (Lipinski definition) is 5. The molecule has 0 atom stereocenters. The topological polar surface area (TPSA) is 65.5 Å². The van der Waals surface area contributed by atoms with Gasteiger partial charge >= 0.3 is 0 Å². The van der Waals surface area contributed by atoms with E-state index < -0.39 is 10.0 Å². The largest absolute Gasteiger partial charge is 0.386 e. The Morgan fingerprint density at radius 3 is 2.50 bits per heavy atom. The summed E-state index contributed by atoms with van der Waals surface area (Å²) < 4.78 is 26.9. The van der Waals surface area contributed by atoms with Gasteiger partial charge in [0.15, 0.2) is 0 Å². The number of sulfonamides is 1. The Morgan fingerprint density at radius 2 is 1.95 bits per heavy atom. The first kappa shape index (κ1) is 15.5. The molecule has 0 radical (unpaired) electrons. The van der Waals surface area contributed by atoms with Gasteiger partial charge in [0, 0.05) is 45.6 Å². The van der Waals surface area contributed by atoms with Gasteiger partial charge in [0.2, 0.25) is 10.0 Å². The van der Waals surface area contributed by atoms with Crippen LogP contribution in [0.15, 0.2) is 17.3 Å². The van der Waals surface area contributed by atoms with Gasteiger partial charge in [0.05, 0.1) is 10.7 Å². The number of piperazine rings is 1. The average molecular weight is 319 g/mol. The summed E-state index contributed by atoms with van der Waals surface area (Å²) in [7, 11) is -1.91. The van der Waals surface area contributed by atoms with Crippen LogP contribution in [-0.2, 0) is 10.0 Å². The Labute approximate surface area is 124 Å². The molecule has 1 fully saturated rings. The van der Waals surface area contributed by atoms with E-state index >= 15 is 0 Å². The molecular weight excluding hydrogens is 300 g/mol. The molecule has 0 unspecified atom stereocenters. The van der Waals surface area contributed by atoms with Crippen LogP contribution < -0.4 is 5.32 Å². The van der Waals surface area contributed by atoms with Crippen molar-refractivity contribution in [1.82, 2.24) is 14.2 Å². The van der Waals surface area contributed by atoms with Crippen molar-refractivity contribution in [2.45, 2.75) is 11.8 Å².